The van der Waals surface area contributed by atoms with E-state index in [0.29, 0.717) is 51.0 Å². The van der Waals surface area contributed by atoms with E-state index in [2.05, 4.69) is 0 Å². The third kappa shape index (κ3) is 8.82. The van der Waals surface area contributed by atoms with Crippen LogP contribution in [0.4, 0.5) is 0 Å². The lowest BCUT2D eigenvalue weighted by atomic mass is 9.79. The van der Waals surface area contributed by atoms with Crippen molar-refractivity contribution in [2.75, 3.05) is 80.7 Å². The first-order valence-electron chi connectivity index (χ1n) is 15.2. The SMILES string of the molecule is COCCOCCOCCOCC(=O)N1CC(O)CC1COC(c1ccccc1)(c1ccccc1OC)c1ccccc1OC. The van der Waals surface area contributed by atoms with E-state index < -0.39 is 11.7 Å². The summed E-state index contributed by atoms with van der Waals surface area (Å²) >= 11 is 0. The van der Waals surface area contributed by atoms with Crippen LogP contribution >= 0.6 is 0 Å². The fourth-order valence-corrected chi connectivity index (χ4v) is 5.64. The molecule has 3 aromatic carbocycles. The summed E-state index contributed by atoms with van der Waals surface area (Å²) in [6.07, 6.45) is -0.298. The van der Waals surface area contributed by atoms with Gasteiger partial charge in [-0.05, 0) is 24.1 Å². The van der Waals surface area contributed by atoms with E-state index in [1.807, 2.05) is 78.9 Å². The van der Waals surface area contributed by atoms with Crippen molar-refractivity contribution in [2.24, 2.45) is 0 Å². The number of ether oxygens (including phenoxy) is 7. The summed E-state index contributed by atoms with van der Waals surface area (Å²) in [5, 5.41) is 10.6. The van der Waals surface area contributed by atoms with E-state index >= 15 is 0 Å². The number of amides is 1. The van der Waals surface area contributed by atoms with Gasteiger partial charge in [-0.25, -0.2) is 0 Å². The fraction of sp³-hybridized carbons (Fsp3) is 0.457. The van der Waals surface area contributed by atoms with Crippen LogP contribution < -0.4 is 9.47 Å². The lowest BCUT2D eigenvalue weighted by Gasteiger charge is -2.39. The number of aliphatic hydroxyl groups is 1. The van der Waals surface area contributed by atoms with Gasteiger partial charge in [0.05, 0.1) is 72.6 Å². The molecule has 10 nitrogen and oxygen atoms in total. The largest absolute Gasteiger partial charge is 0.496 e. The van der Waals surface area contributed by atoms with Crippen molar-refractivity contribution in [3.63, 3.8) is 0 Å². The molecular formula is C35H45NO9. The monoisotopic (exact) mass is 623 g/mol. The Hall–Kier alpha value is -3.51. The van der Waals surface area contributed by atoms with Crippen molar-refractivity contribution in [1.82, 2.24) is 4.90 Å². The van der Waals surface area contributed by atoms with E-state index in [9.17, 15) is 9.90 Å². The number of β-amino-alcohol motifs (C(OH)–C–C–N with tert-alkyl or cyclic N) is 1. The first-order valence-corrected chi connectivity index (χ1v) is 15.2. The van der Waals surface area contributed by atoms with Gasteiger partial charge in [0, 0.05) is 24.8 Å². The second-order valence-electron chi connectivity index (χ2n) is 10.6. The molecule has 0 aliphatic carbocycles. The molecule has 45 heavy (non-hydrogen) atoms. The zero-order valence-electron chi connectivity index (χ0n) is 26.4. The highest BCUT2D eigenvalue weighted by Gasteiger charge is 2.44. The van der Waals surface area contributed by atoms with E-state index in [4.69, 9.17) is 33.2 Å². The second kappa shape index (κ2) is 17.8. The Morgan fingerprint density at radius 1 is 0.756 bits per heavy atom. The number of nitrogens with zero attached hydrogens (tertiary/aromatic N) is 1. The van der Waals surface area contributed by atoms with E-state index in [0.717, 1.165) is 16.7 Å². The van der Waals surface area contributed by atoms with Crippen LogP contribution in [-0.4, -0.2) is 109 Å². The molecule has 3 aromatic rings. The number of hydrogen-bond donors (Lipinski definition) is 1. The molecular weight excluding hydrogens is 578 g/mol. The predicted molar refractivity (Wildman–Crippen MR) is 169 cm³/mol. The van der Waals surface area contributed by atoms with Gasteiger partial charge in [0.15, 0.2) is 5.60 Å². The molecule has 0 spiro atoms. The summed E-state index contributed by atoms with van der Waals surface area (Å²) in [7, 11) is 4.89. The van der Waals surface area contributed by atoms with Crippen LogP contribution in [0.5, 0.6) is 11.5 Å². The summed E-state index contributed by atoms with van der Waals surface area (Å²) in [4.78, 5) is 14.9. The number of hydrogen-bond acceptors (Lipinski definition) is 9. The first-order chi connectivity index (χ1) is 22.0. The molecule has 1 heterocycles. The van der Waals surface area contributed by atoms with Crippen molar-refractivity contribution in [3.8, 4) is 11.5 Å². The number of carbonyl (C=O) groups is 1. The van der Waals surface area contributed by atoms with Crippen LogP contribution in [0.1, 0.15) is 23.1 Å². The minimum atomic E-state index is -1.16. The average molecular weight is 624 g/mol. The minimum absolute atomic E-state index is 0.125. The number of aliphatic hydroxyl groups excluding tert-OH is 1. The Balaban J connectivity index is 1.52. The Kier molecular flexibility index (Phi) is 13.6. The lowest BCUT2D eigenvalue weighted by molar-refractivity contribution is -0.140. The minimum Gasteiger partial charge on any atom is -0.496 e. The molecule has 1 aliphatic heterocycles. The topological polar surface area (TPSA) is 105 Å². The number of para-hydroxylation sites is 2. The third-order valence-corrected chi connectivity index (χ3v) is 7.76. The van der Waals surface area contributed by atoms with Crippen molar-refractivity contribution in [1.29, 1.82) is 0 Å². The standard InChI is InChI=1S/C35H45NO9/c1-39-17-18-42-19-20-43-21-22-44-26-34(38)36-24-29(37)23-28(36)25-45-35(27-11-5-4-6-12-27,30-13-7-9-15-32(30)40-2)31-14-8-10-16-33(31)41-3/h4-16,28-29,37H,17-26H2,1-3H3. The van der Waals surface area contributed by atoms with Gasteiger partial charge in [-0.1, -0.05) is 66.7 Å². The molecule has 0 radical (unpaired) electrons. The maximum absolute atomic E-state index is 13.3. The number of carbonyl (C=O) groups excluding carboxylic acids is 1. The highest BCUT2D eigenvalue weighted by Crippen LogP contribution is 2.47. The molecule has 1 amide bonds. The number of methoxy groups -OCH3 is 3. The molecule has 1 fully saturated rings. The quantitative estimate of drug-likeness (QED) is 0.158. The van der Waals surface area contributed by atoms with E-state index in [-0.39, 0.29) is 38.3 Å². The smallest absolute Gasteiger partial charge is 0.248 e. The Morgan fingerprint density at radius 2 is 1.29 bits per heavy atom. The molecule has 2 unspecified atom stereocenters. The zero-order chi connectivity index (χ0) is 31.9. The maximum atomic E-state index is 13.3. The summed E-state index contributed by atoms with van der Waals surface area (Å²) in [5.41, 5.74) is 1.27. The van der Waals surface area contributed by atoms with Gasteiger partial charge >= 0.3 is 0 Å². The van der Waals surface area contributed by atoms with Crippen molar-refractivity contribution < 1.29 is 43.1 Å². The Bertz CT molecular complexity index is 1260. The highest BCUT2D eigenvalue weighted by molar-refractivity contribution is 5.78. The van der Waals surface area contributed by atoms with Crippen LogP contribution in [0.25, 0.3) is 0 Å². The summed E-state index contributed by atoms with van der Waals surface area (Å²) in [5.74, 6) is 1.07. The molecule has 0 saturated carbocycles. The summed E-state index contributed by atoms with van der Waals surface area (Å²) in [6, 6.07) is 25.0. The van der Waals surface area contributed by atoms with Gasteiger partial charge in [-0.2, -0.15) is 0 Å². The molecule has 1 saturated heterocycles. The van der Waals surface area contributed by atoms with Crippen molar-refractivity contribution >= 4 is 5.91 Å². The third-order valence-electron chi connectivity index (χ3n) is 7.76. The van der Waals surface area contributed by atoms with Crippen molar-refractivity contribution in [3.05, 3.63) is 95.6 Å². The van der Waals surface area contributed by atoms with Crippen LogP contribution in [0.2, 0.25) is 0 Å². The van der Waals surface area contributed by atoms with Crippen molar-refractivity contribution in [2.45, 2.75) is 24.2 Å². The summed E-state index contributed by atoms with van der Waals surface area (Å²) < 4.78 is 40.2. The van der Waals surface area contributed by atoms with Crippen LogP contribution in [0.3, 0.4) is 0 Å². The van der Waals surface area contributed by atoms with Crippen LogP contribution in [0, 0.1) is 0 Å². The molecule has 10 heteroatoms. The van der Waals surface area contributed by atoms with Gasteiger partial charge in [0.25, 0.3) is 0 Å². The Morgan fingerprint density at radius 3 is 1.87 bits per heavy atom. The number of benzene rings is 3. The average Bonchev–Trinajstić information content (AvgIpc) is 3.47. The zero-order valence-corrected chi connectivity index (χ0v) is 26.4. The molecule has 0 bridgehead atoms. The van der Waals surface area contributed by atoms with E-state index in [1.165, 1.54) is 0 Å². The van der Waals surface area contributed by atoms with Gasteiger partial charge in [0.2, 0.25) is 5.91 Å². The van der Waals surface area contributed by atoms with Crippen LogP contribution in [-0.2, 0) is 34.1 Å². The number of likely N-dealkylation sites (tertiary alicyclic amines) is 1. The molecule has 1 N–H and O–H groups in total. The fourth-order valence-electron chi connectivity index (χ4n) is 5.64. The Labute approximate surface area is 265 Å². The second-order valence-corrected chi connectivity index (χ2v) is 10.6. The van der Waals surface area contributed by atoms with Gasteiger partial charge in [-0.3, -0.25) is 4.79 Å². The molecule has 4 rings (SSSR count). The van der Waals surface area contributed by atoms with E-state index in [1.54, 1.807) is 26.2 Å². The van der Waals surface area contributed by atoms with Gasteiger partial charge in [0.1, 0.15) is 18.1 Å². The van der Waals surface area contributed by atoms with Crippen LogP contribution in [0.15, 0.2) is 78.9 Å². The summed E-state index contributed by atoms with van der Waals surface area (Å²) in [6.45, 7) is 2.77. The predicted octanol–water partition coefficient (Wildman–Crippen LogP) is 3.67. The maximum Gasteiger partial charge on any atom is 0.248 e. The molecule has 0 aromatic heterocycles. The lowest BCUT2D eigenvalue weighted by Crippen LogP contribution is -2.43. The molecule has 2 atom stereocenters. The number of rotatable bonds is 19. The van der Waals surface area contributed by atoms with Gasteiger partial charge in [-0.15, -0.1) is 0 Å². The highest BCUT2D eigenvalue weighted by atomic mass is 16.6. The normalized spacial score (nSPS) is 16.6. The molecule has 244 valence electrons. The first kappa shape index (κ1) is 34.4. The van der Waals surface area contributed by atoms with Gasteiger partial charge < -0.3 is 43.2 Å². The molecule has 1 aliphatic rings.